The van der Waals surface area contributed by atoms with E-state index in [9.17, 15) is 17.9 Å². The predicted octanol–water partition coefficient (Wildman–Crippen LogP) is 1.76. The van der Waals surface area contributed by atoms with Crippen molar-refractivity contribution in [1.29, 1.82) is 0 Å². The van der Waals surface area contributed by atoms with E-state index in [0.717, 1.165) is 13.8 Å². The number of hydrogen-bond donors (Lipinski definition) is 2. The average Bonchev–Trinajstić information content (AvgIpc) is 2.10. The maximum absolute atomic E-state index is 13.6. The second-order valence-corrected chi connectivity index (χ2v) is 6.40. The van der Waals surface area contributed by atoms with Crippen molar-refractivity contribution in [2.45, 2.75) is 30.7 Å². The van der Waals surface area contributed by atoms with Crippen LogP contribution in [0.3, 0.4) is 0 Å². The summed E-state index contributed by atoms with van der Waals surface area (Å²) in [5, 5.41) is 7.14. The van der Waals surface area contributed by atoms with Gasteiger partial charge in [-0.05, 0) is 32.4 Å². The Balaban J connectivity index is 3.64. The van der Waals surface area contributed by atoms with Crippen LogP contribution in [0.4, 0.5) is 10.1 Å². The van der Waals surface area contributed by atoms with Crippen LogP contribution in [0.1, 0.15) is 19.4 Å². The molecule has 6 heteroatoms. The van der Waals surface area contributed by atoms with E-state index < -0.39 is 25.5 Å². The minimum Gasteiger partial charge on any atom is -0.504 e. The van der Waals surface area contributed by atoms with Gasteiger partial charge in [0.2, 0.25) is 14.8 Å². The lowest BCUT2D eigenvalue weighted by molar-refractivity contribution is 0.317. The van der Waals surface area contributed by atoms with Gasteiger partial charge in [-0.3, -0.25) is 0 Å². The average molecular weight is 247 g/mol. The van der Waals surface area contributed by atoms with Gasteiger partial charge in [-0.15, -0.1) is 0 Å². The first-order chi connectivity index (χ1) is 7.09. The molecule has 0 bridgehead atoms. The highest BCUT2D eigenvalue weighted by atomic mass is 32.2. The Labute approximate surface area is 93.8 Å². The molecule has 0 aliphatic rings. The lowest BCUT2D eigenvalue weighted by Gasteiger charge is -2.18. The molecule has 0 aromatic heterocycles. The fourth-order valence-electron chi connectivity index (χ4n) is 1.27. The van der Waals surface area contributed by atoms with Crippen LogP contribution in [0.2, 0.25) is 0 Å². The maximum Gasteiger partial charge on any atom is 0.216 e. The number of nitrogen functional groups attached to an aromatic ring is 1. The summed E-state index contributed by atoms with van der Waals surface area (Å²) >= 11 is 0. The molecule has 1 rings (SSSR count). The number of halogens is 1. The van der Waals surface area contributed by atoms with E-state index in [1.165, 1.54) is 19.1 Å². The minimum atomic E-state index is -4.26. The van der Waals surface area contributed by atoms with Gasteiger partial charge in [0.15, 0.2) is 5.75 Å². The third-order valence-corrected chi connectivity index (χ3v) is 4.60. The summed E-state index contributed by atoms with van der Waals surface area (Å²) in [6.45, 7) is 3.31. The Kier molecular flexibility index (Phi) is 2.89. The van der Waals surface area contributed by atoms with Crippen LogP contribution in [-0.4, -0.2) is 18.5 Å². The number of nitrogens with two attached hydrogens (primary N) is 1. The van der Waals surface area contributed by atoms with E-state index >= 15 is 0 Å². The first-order valence-corrected chi connectivity index (χ1v) is 6.09. The second-order valence-electron chi connectivity index (χ2n) is 4.02. The van der Waals surface area contributed by atoms with Crippen molar-refractivity contribution in [2.24, 2.45) is 0 Å². The number of aryl methyl sites for hydroxylation is 1. The normalized spacial score (nSPS) is 12.8. The lowest BCUT2D eigenvalue weighted by atomic mass is 10.2. The zero-order valence-corrected chi connectivity index (χ0v) is 10.1. The van der Waals surface area contributed by atoms with Gasteiger partial charge in [-0.1, -0.05) is 6.07 Å². The van der Waals surface area contributed by atoms with Crippen molar-refractivity contribution in [2.75, 3.05) is 5.73 Å². The molecule has 90 valence electrons. The van der Waals surface area contributed by atoms with Crippen molar-refractivity contribution in [3.05, 3.63) is 17.7 Å². The summed E-state index contributed by atoms with van der Waals surface area (Å²) in [5.74, 6) is -0.592. The summed E-state index contributed by atoms with van der Waals surface area (Å²) in [6.07, 6.45) is 0. The van der Waals surface area contributed by atoms with Gasteiger partial charge in [0, 0.05) is 0 Å². The van der Waals surface area contributed by atoms with Crippen LogP contribution in [0, 0.1) is 6.92 Å². The Morgan fingerprint density at radius 1 is 1.38 bits per heavy atom. The maximum atomic E-state index is 13.6. The number of rotatable bonds is 2. The zero-order chi connectivity index (χ0) is 12.7. The number of sulfone groups is 1. The van der Waals surface area contributed by atoms with Crippen LogP contribution in [0.25, 0.3) is 0 Å². The molecule has 0 atom stereocenters. The zero-order valence-electron chi connectivity index (χ0n) is 9.28. The van der Waals surface area contributed by atoms with Crippen molar-refractivity contribution >= 4 is 15.5 Å². The van der Waals surface area contributed by atoms with Crippen molar-refractivity contribution < 1.29 is 17.9 Å². The largest absolute Gasteiger partial charge is 0.504 e. The summed E-state index contributed by atoms with van der Waals surface area (Å²) in [4.78, 5) is -0.444. The van der Waals surface area contributed by atoms with E-state index in [-0.39, 0.29) is 11.3 Å². The number of anilines is 1. The summed E-state index contributed by atoms with van der Waals surface area (Å²) in [5.41, 5.74) is 5.56. The van der Waals surface area contributed by atoms with Crippen LogP contribution in [0.5, 0.6) is 5.75 Å². The molecule has 0 saturated carbocycles. The van der Waals surface area contributed by atoms with E-state index in [1.807, 2.05) is 0 Å². The molecule has 0 aliphatic carbocycles. The Morgan fingerprint density at radius 2 is 1.88 bits per heavy atom. The van der Waals surface area contributed by atoms with E-state index in [4.69, 9.17) is 5.73 Å². The smallest absolute Gasteiger partial charge is 0.216 e. The molecular formula is C10H14FNO3S. The highest BCUT2D eigenvalue weighted by Gasteiger charge is 2.39. The van der Waals surface area contributed by atoms with E-state index in [0.29, 0.717) is 0 Å². The number of alkyl halides is 1. The fraction of sp³-hybridized carbons (Fsp3) is 0.400. The third kappa shape index (κ3) is 1.84. The molecule has 0 unspecified atom stereocenters. The van der Waals surface area contributed by atoms with E-state index in [1.54, 1.807) is 0 Å². The van der Waals surface area contributed by atoms with Crippen LogP contribution >= 0.6 is 0 Å². The quantitative estimate of drug-likeness (QED) is 0.616. The number of phenols is 1. The monoisotopic (exact) mass is 247 g/mol. The lowest BCUT2D eigenvalue weighted by Crippen LogP contribution is -2.27. The minimum absolute atomic E-state index is 0.0894. The summed E-state index contributed by atoms with van der Waals surface area (Å²) in [6, 6.07) is 2.79. The summed E-state index contributed by atoms with van der Waals surface area (Å²) in [7, 11) is -4.26. The Hall–Kier alpha value is -1.30. The predicted molar refractivity (Wildman–Crippen MR) is 59.6 cm³/mol. The molecule has 0 saturated heterocycles. The molecule has 3 N–H and O–H groups in total. The van der Waals surface area contributed by atoms with Crippen molar-refractivity contribution in [3.63, 3.8) is 0 Å². The standard InChI is InChI=1S/C10H14FNO3S/c1-6-4-5-7(12)8(13)9(6)16(14,15)10(2,3)11/h4-5,13H,12H2,1-3H3. The fourth-order valence-corrected chi connectivity index (χ4v) is 2.62. The molecule has 1 aromatic rings. The second kappa shape index (κ2) is 3.62. The molecule has 0 aliphatic heterocycles. The molecule has 4 nitrogen and oxygen atoms in total. The van der Waals surface area contributed by atoms with Gasteiger partial charge in [0.05, 0.1) is 5.69 Å². The number of aromatic hydroxyl groups is 1. The van der Waals surface area contributed by atoms with Gasteiger partial charge >= 0.3 is 0 Å². The van der Waals surface area contributed by atoms with Gasteiger partial charge in [0.1, 0.15) is 4.90 Å². The first kappa shape index (κ1) is 12.8. The van der Waals surface area contributed by atoms with Crippen LogP contribution in [0.15, 0.2) is 17.0 Å². The molecule has 0 spiro atoms. The number of phenolic OH excluding ortho intramolecular Hbond substituents is 1. The highest BCUT2D eigenvalue weighted by Crippen LogP contribution is 2.37. The van der Waals surface area contributed by atoms with Gasteiger partial charge in [-0.25, -0.2) is 12.8 Å². The van der Waals surface area contributed by atoms with Gasteiger partial charge in [0.25, 0.3) is 0 Å². The molecular weight excluding hydrogens is 233 g/mol. The number of benzene rings is 1. The highest BCUT2D eigenvalue weighted by molar-refractivity contribution is 7.92. The summed E-state index contributed by atoms with van der Waals surface area (Å²) < 4.78 is 37.3. The van der Waals surface area contributed by atoms with Crippen molar-refractivity contribution in [1.82, 2.24) is 0 Å². The molecule has 1 aromatic carbocycles. The molecule has 16 heavy (non-hydrogen) atoms. The third-order valence-electron chi connectivity index (χ3n) is 2.27. The Bertz CT molecular complexity index is 518. The van der Waals surface area contributed by atoms with Crippen molar-refractivity contribution in [3.8, 4) is 5.75 Å². The SMILES string of the molecule is Cc1ccc(N)c(O)c1S(=O)(=O)C(C)(C)F. The first-order valence-electron chi connectivity index (χ1n) is 4.60. The van der Waals surface area contributed by atoms with Gasteiger partial charge < -0.3 is 10.8 Å². The molecule has 0 heterocycles. The molecule has 0 amide bonds. The molecule has 0 radical (unpaired) electrons. The number of hydrogen-bond acceptors (Lipinski definition) is 4. The van der Waals surface area contributed by atoms with Crippen LogP contribution in [-0.2, 0) is 9.84 Å². The van der Waals surface area contributed by atoms with Gasteiger partial charge in [-0.2, -0.15) is 0 Å². The molecule has 0 fully saturated rings. The van der Waals surface area contributed by atoms with Crippen LogP contribution < -0.4 is 5.73 Å². The van der Waals surface area contributed by atoms with E-state index in [2.05, 4.69) is 0 Å². The Morgan fingerprint density at radius 3 is 2.31 bits per heavy atom. The topological polar surface area (TPSA) is 80.4 Å².